The van der Waals surface area contributed by atoms with Gasteiger partial charge in [-0.25, -0.2) is 0 Å². The zero-order valence-electron chi connectivity index (χ0n) is 15.8. The zero-order chi connectivity index (χ0) is 18.6. The Balaban J connectivity index is 1.77. The summed E-state index contributed by atoms with van der Waals surface area (Å²) in [6.07, 6.45) is 2.28. The minimum absolute atomic E-state index is 0.0506. The molecule has 0 saturated heterocycles. The summed E-state index contributed by atoms with van der Waals surface area (Å²) in [5.41, 5.74) is 8.65. The van der Waals surface area contributed by atoms with Crippen molar-refractivity contribution in [3.63, 3.8) is 0 Å². The molecule has 0 fully saturated rings. The van der Waals surface area contributed by atoms with E-state index < -0.39 is 0 Å². The molecule has 28 heavy (non-hydrogen) atoms. The molecule has 0 saturated carbocycles. The highest BCUT2D eigenvalue weighted by Gasteiger charge is 2.56. The molecule has 4 aromatic rings. The van der Waals surface area contributed by atoms with E-state index in [4.69, 9.17) is 0 Å². The van der Waals surface area contributed by atoms with Gasteiger partial charge in [-0.15, -0.1) is 0 Å². The van der Waals surface area contributed by atoms with Crippen LogP contribution in [0.25, 0.3) is 0 Å². The fourth-order valence-electron chi connectivity index (χ4n) is 6.01. The Kier molecular flexibility index (Phi) is 3.23. The molecular formula is C28H22. The largest absolute Gasteiger partial charge is 0.0622 e. The monoisotopic (exact) mass is 358 g/mol. The summed E-state index contributed by atoms with van der Waals surface area (Å²) in [4.78, 5) is 0. The van der Waals surface area contributed by atoms with Crippen LogP contribution in [-0.4, -0.2) is 0 Å². The minimum atomic E-state index is -0.0506. The quantitative estimate of drug-likeness (QED) is 0.385. The predicted molar refractivity (Wildman–Crippen MR) is 115 cm³/mol. The molecule has 0 amide bonds. The minimum Gasteiger partial charge on any atom is -0.0622 e. The molecule has 134 valence electrons. The van der Waals surface area contributed by atoms with Gasteiger partial charge in [0.1, 0.15) is 0 Å². The molecule has 0 heterocycles. The van der Waals surface area contributed by atoms with Crippen LogP contribution >= 0.6 is 0 Å². The summed E-state index contributed by atoms with van der Waals surface area (Å²) in [5.74, 6) is 0. The lowest BCUT2D eigenvalue weighted by Gasteiger charge is -2.56. The number of hydrogen-bond donors (Lipinski definition) is 0. The van der Waals surface area contributed by atoms with E-state index in [0.717, 1.165) is 12.8 Å². The first-order valence-corrected chi connectivity index (χ1v) is 10.2. The van der Waals surface area contributed by atoms with Crippen molar-refractivity contribution in [1.82, 2.24) is 0 Å². The van der Waals surface area contributed by atoms with E-state index in [1.165, 1.54) is 33.4 Å². The molecule has 3 aliphatic carbocycles. The van der Waals surface area contributed by atoms with Gasteiger partial charge in [-0.2, -0.15) is 0 Å². The number of rotatable bonds is 2. The van der Waals surface area contributed by atoms with Crippen molar-refractivity contribution in [3.05, 3.63) is 143 Å². The van der Waals surface area contributed by atoms with Gasteiger partial charge in [0.05, 0.1) is 0 Å². The second-order valence-corrected chi connectivity index (χ2v) is 8.13. The van der Waals surface area contributed by atoms with Crippen LogP contribution in [0.15, 0.2) is 109 Å². The first-order chi connectivity index (χ1) is 13.9. The molecular weight excluding hydrogens is 336 g/mol. The Bertz CT molecular complexity index is 1010. The van der Waals surface area contributed by atoms with E-state index in [2.05, 4.69) is 109 Å². The SMILES string of the molecule is c1ccc(C23CCC(c4ccccc4)(c4ccccc42)c2ccccc23)cc1. The van der Waals surface area contributed by atoms with Crippen molar-refractivity contribution in [1.29, 1.82) is 0 Å². The zero-order valence-corrected chi connectivity index (χ0v) is 15.8. The molecule has 2 bridgehead atoms. The van der Waals surface area contributed by atoms with Crippen LogP contribution < -0.4 is 0 Å². The van der Waals surface area contributed by atoms with E-state index in [-0.39, 0.29) is 10.8 Å². The van der Waals surface area contributed by atoms with Gasteiger partial charge in [0.2, 0.25) is 0 Å². The van der Waals surface area contributed by atoms with Gasteiger partial charge >= 0.3 is 0 Å². The topological polar surface area (TPSA) is 0 Å². The van der Waals surface area contributed by atoms with Crippen molar-refractivity contribution in [2.24, 2.45) is 0 Å². The summed E-state index contributed by atoms with van der Waals surface area (Å²) in [7, 11) is 0. The Morgan fingerprint density at radius 3 is 0.964 bits per heavy atom. The normalized spacial score (nSPS) is 24.4. The lowest BCUT2D eigenvalue weighted by Crippen LogP contribution is -2.50. The van der Waals surface area contributed by atoms with Crippen LogP contribution in [0.3, 0.4) is 0 Å². The average molecular weight is 358 g/mol. The van der Waals surface area contributed by atoms with E-state index in [1.54, 1.807) is 0 Å². The van der Waals surface area contributed by atoms with Crippen LogP contribution in [0.2, 0.25) is 0 Å². The van der Waals surface area contributed by atoms with Crippen LogP contribution in [0.5, 0.6) is 0 Å². The Labute approximate surface area is 166 Å². The van der Waals surface area contributed by atoms with Gasteiger partial charge < -0.3 is 0 Å². The summed E-state index contributed by atoms with van der Waals surface area (Å²) in [6, 6.07) is 40.6. The highest BCUT2D eigenvalue weighted by atomic mass is 14.6. The molecule has 3 aliphatic rings. The van der Waals surface area contributed by atoms with Gasteiger partial charge in [-0.3, -0.25) is 0 Å². The maximum absolute atomic E-state index is 2.37. The third-order valence-electron chi connectivity index (χ3n) is 7.10. The van der Waals surface area contributed by atoms with Gasteiger partial charge in [0, 0.05) is 10.8 Å². The lowest BCUT2D eigenvalue weighted by atomic mass is 9.46. The molecule has 0 aromatic heterocycles. The molecule has 0 atom stereocenters. The predicted octanol–water partition coefficient (Wildman–Crippen LogP) is 6.46. The molecule has 0 spiro atoms. The molecule has 7 rings (SSSR count). The third-order valence-corrected chi connectivity index (χ3v) is 7.10. The highest BCUT2D eigenvalue weighted by Crippen LogP contribution is 2.63. The van der Waals surface area contributed by atoms with Crippen molar-refractivity contribution >= 4 is 0 Å². The summed E-state index contributed by atoms with van der Waals surface area (Å²) < 4.78 is 0. The summed E-state index contributed by atoms with van der Waals surface area (Å²) in [5, 5.41) is 0. The summed E-state index contributed by atoms with van der Waals surface area (Å²) in [6.45, 7) is 0. The van der Waals surface area contributed by atoms with Gasteiger partial charge in [0.25, 0.3) is 0 Å². The third kappa shape index (κ3) is 1.81. The second-order valence-electron chi connectivity index (χ2n) is 8.13. The van der Waals surface area contributed by atoms with Gasteiger partial charge in [-0.05, 0) is 46.2 Å². The van der Waals surface area contributed by atoms with Crippen LogP contribution in [0, 0.1) is 0 Å². The van der Waals surface area contributed by atoms with E-state index in [0.29, 0.717) is 0 Å². The van der Waals surface area contributed by atoms with Crippen LogP contribution in [0.4, 0.5) is 0 Å². The van der Waals surface area contributed by atoms with Crippen LogP contribution in [0.1, 0.15) is 46.2 Å². The average Bonchev–Trinajstić information content (AvgIpc) is 2.80. The summed E-state index contributed by atoms with van der Waals surface area (Å²) >= 11 is 0. The number of benzene rings is 4. The Morgan fingerprint density at radius 2 is 0.643 bits per heavy atom. The van der Waals surface area contributed by atoms with E-state index in [9.17, 15) is 0 Å². The maximum atomic E-state index is 2.37. The first kappa shape index (κ1) is 15.9. The standard InChI is InChI=1S/C28H22/c1-3-11-21(12-4-1)27-19-20-28(22-13-5-2-6-14-22,25-17-9-7-15-23(25)27)26-18-10-8-16-24(26)27/h1-18H,19-20H2. The molecule has 0 heteroatoms. The van der Waals surface area contributed by atoms with Crippen molar-refractivity contribution < 1.29 is 0 Å². The molecule has 0 radical (unpaired) electrons. The molecule has 0 aliphatic heterocycles. The molecule has 0 N–H and O–H groups in total. The fourth-order valence-corrected chi connectivity index (χ4v) is 6.01. The first-order valence-electron chi connectivity index (χ1n) is 10.2. The van der Waals surface area contributed by atoms with Crippen molar-refractivity contribution in [3.8, 4) is 0 Å². The van der Waals surface area contributed by atoms with E-state index >= 15 is 0 Å². The number of hydrogen-bond acceptors (Lipinski definition) is 0. The molecule has 4 aromatic carbocycles. The van der Waals surface area contributed by atoms with Crippen molar-refractivity contribution in [2.45, 2.75) is 23.7 Å². The Hall–Kier alpha value is -3.12. The lowest BCUT2D eigenvalue weighted by molar-refractivity contribution is 0.364. The Morgan fingerprint density at radius 1 is 0.357 bits per heavy atom. The van der Waals surface area contributed by atoms with Crippen molar-refractivity contribution in [2.75, 3.05) is 0 Å². The number of fused-ring (bicyclic) bond motifs is 1. The molecule has 0 unspecified atom stereocenters. The molecule has 0 nitrogen and oxygen atoms in total. The van der Waals surface area contributed by atoms with Crippen LogP contribution in [-0.2, 0) is 10.8 Å². The maximum Gasteiger partial charge on any atom is 0.0458 e. The van der Waals surface area contributed by atoms with Gasteiger partial charge in [0.15, 0.2) is 0 Å². The fraction of sp³-hybridized carbons (Fsp3) is 0.143. The smallest absolute Gasteiger partial charge is 0.0458 e. The second kappa shape index (κ2) is 5.69. The van der Waals surface area contributed by atoms with Gasteiger partial charge in [-0.1, -0.05) is 109 Å². The van der Waals surface area contributed by atoms with E-state index in [1.807, 2.05) is 0 Å². The highest BCUT2D eigenvalue weighted by molar-refractivity contribution is 5.70.